The van der Waals surface area contributed by atoms with Crippen LogP contribution in [0.2, 0.25) is 0 Å². The average Bonchev–Trinajstić information content (AvgIpc) is 3.05. The maximum atomic E-state index is 5.65. The van der Waals surface area contributed by atoms with E-state index in [1.165, 1.54) is 89.9 Å². The molecule has 0 spiro atoms. The van der Waals surface area contributed by atoms with Crippen molar-refractivity contribution in [2.45, 2.75) is 117 Å². The molecule has 9 nitrogen and oxygen atoms in total. The second-order valence-corrected chi connectivity index (χ2v) is 11.5. The number of rotatable bonds is 42. The summed E-state index contributed by atoms with van der Waals surface area (Å²) in [5.41, 5.74) is 0. The van der Waals surface area contributed by atoms with Gasteiger partial charge in [0, 0.05) is 13.2 Å². The third-order valence-corrected chi connectivity index (χ3v) is 7.26. The SMILES string of the molecule is CCCCCCCCCCCCOCCOCCOCCOCCOCCOCCOCCOCCOCCCCCCCC. The highest BCUT2D eigenvalue weighted by Gasteiger charge is 1.97. The summed E-state index contributed by atoms with van der Waals surface area (Å²) in [6.07, 6.45) is 21.2. The molecule has 0 aromatic heterocycles. The molecular weight excluding hydrogens is 576 g/mol. The first kappa shape index (κ1) is 44.6. The maximum Gasteiger partial charge on any atom is 0.0701 e. The molecule has 0 bridgehead atoms. The number of unbranched alkanes of at least 4 members (excludes halogenated alkanes) is 14. The van der Waals surface area contributed by atoms with Crippen LogP contribution in [0.3, 0.4) is 0 Å². The van der Waals surface area contributed by atoms with Gasteiger partial charge in [0.25, 0.3) is 0 Å². The van der Waals surface area contributed by atoms with Gasteiger partial charge in [-0.15, -0.1) is 0 Å². The van der Waals surface area contributed by atoms with Gasteiger partial charge in [-0.05, 0) is 12.8 Å². The van der Waals surface area contributed by atoms with E-state index in [2.05, 4.69) is 13.8 Å². The van der Waals surface area contributed by atoms with Gasteiger partial charge in [-0.25, -0.2) is 0 Å². The van der Waals surface area contributed by atoms with Gasteiger partial charge in [0.2, 0.25) is 0 Å². The normalized spacial score (nSPS) is 11.6. The predicted molar refractivity (Wildman–Crippen MR) is 183 cm³/mol. The van der Waals surface area contributed by atoms with Crippen molar-refractivity contribution in [1.29, 1.82) is 0 Å². The van der Waals surface area contributed by atoms with Crippen LogP contribution >= 0.6 is 0 Å². The summed E-state index contributed by atoms with van der Waals surface area (Å²) < 4.78 is 49.9. The smallest absolute Gasteiger partial charge is 0.0701 e. The van der Waals surface area contributed by atoms with Crippen LogP contribution in [0.5, 0.6) is 0 Å². The van der Waals surface area contributed by atoms with Crippen LogP contribution in [-0.4, -0.2) is 119 Å². The van der Waals surface area contributed by atoms with Gasteiger partial charge >= 0.3 is 0 Å². The van der Waals surface area contributed by atoms with Crippen molar-refractivity contribution < 1.29 is 42.6 Å². The minimum Gasteiger partial charge on any atom is -0.379 e. The fourth-order valence-corrected chi connectivity index (χ4v) is 4.54. The Balaban J connectivity index is 3.03. The van der Waals surface area contributed by atoms with Gasteiger partial charge in [-0.2, -0.15) is 0 Å². The van der Waals surface area contributed by atoms with Gasteiger partial charge in [0.1, 0.15) is 0 Å². The Kier molecular flexibility index (Phi) is 43.3. The van der Waals surface area contributed by atoms with Gasteiger partial charge in [-0.3, -0.25) is 0 Å². The minimum atomic E-state index is 0.544. The molecule has 0 fully saturated rings. The lowest BCUT2D eigenvalue weighted by Gasteiger charge is -2.09. The largest absolute Gasteiger partial charge is 0.379 e. The standard InChI is InChI=1S/C36H74O9/c1-3-5-7-9-11-12-13-14-16-18-20-38-22-24-40-26-28-42-30-32-44-34-36-45-35-33-43-31-29-41-27-25-39-23-21-37-19-17-15-10-8-6-4-2/h3-36H2,1-2H3. The van der Waals surface area contributed by atoms with Crippen LogP contribution in [0.4, 0.5) is 0 Å². The number of hydrogen-bond acceptors (Lipinski definition) is 9. The quantitative estimate of drug-likeness (QED) is 0.0627. The van der Waals surface area contributed by atoms with Crippen LogP contribution < -0.4 is 0 Å². The van der Waals surface area contributed by atoms with Crippen molar-refractivity contribution in [3.05, 3.63) is 0 Å². The second kappa shape index (κ2) is 43.6. The molecule has 0 heterocycles. The molecule has 272 valence electrons. The highest BCUT2D eigenvalue weighted by atomic mass is 16.6. The van der Waals surface area contributed by atoms with E-state index in [9.17, 15) is 0 Å². The van der Waals surface area contributed by atoms with Crippen molar-refractivity contribution in [1.82, 2.24) is 0 Å². The van der Waals surface area contributed by atoms with E-state index in [1.54, 1.807) is 0 Å². The van der Waals surface area contributed by atoms with Crippen molar-refractivity contribution in [2.24, 2.45) is 0 Å². The Morgan fingerprint density at radius 3 is 0.533 bits per heavy atom. The summed E-state index contributed by atoms with van der Waals surface area (Å²) in [6.45, 7) is 15.4. The van der Waals surface area contributed by atoms with E-state index < -0.39 is 0 Å². The van der Waals surface area contributed by atoms with Crippen molar-refractivity contribution in [3.8, 4) is 0 Å². The summed E-state index contributed by atoms with van der Waals surface area (Å²) in [7, 11) is 0. The molecule has 0 aliphatic rings. The molecule has 0 atom stereocenters. The predicted octanol–water partition coefficient (Wildman–Crippen LogP) is 7.42. The average molecular weight is 651 g/mol. The van der Waals surface area contributed by atoms with E-state index in [4.69, 9.17) is 42.6 Å². The first-order valence-corrected chi connectivity index (χ1v) is 18.6. The first-order valence-electron chi connectivity index (χ1n) is 18.6. The molecule has 0 unspecified atom stereocenters. The van der Waals surface area contributed by atoms with E-state index in [0.29, 0.717) is 106 Å². The zero-order valence-electron chi connectivity index (χ0n) is 29.7. The minimum absolute atomic E-state index is 0.544. The topological polar surface area (TPSA) is 83.1 Å². The monoisotopic (exact) mass is 651 g/mol. The molecule has 0 aliphatic carbocycles. The van der Waals surface area contributed by atoms with Gasteiger partial charge in [-0.1, -0.05) is 104 Å². The zero-order chi connectivity index (χ0) is 32.4. The third-order valence-electron chi connectivity index (χ3n) is 7.26. The molecule has 0 aromatic carbocycles. The summed E-state index contributed by atoms with van der Waals surface area (Å²) in [6, 6.07) is 0. The first-order chi connectivity index (χ1) is 22.4. The third kappa shape index (κ3) is 43.6. The van der Waals surface area contributed by atoms with Crippen LogP contribution in [0.25, 0.3) is 0 Å². The Bertz CT molecular complexity index is 457. The lowest BCUT2D eigenvalue weighted by Crippen LogP contribution is -2.15. The number of hydrogen-bond donors (Lipinski definition) is 0. The summed E-state index contributed by atoms with van der Waals surface area (Å²) >= 11 is 0. The maximum absolute atomic E-state index is 5.65. The summed E-state index contributed by atoms with van der Waals surface area (Å²) in [4.78, 5) is 0. The van der Waals surface area contributed by atoms with Gasteiger partial charge in [0.05, 0.1) is 106 Å². The molecule has 0 rings (SSSR count). The Morgan fingerprint density at radius 2 is 0.333 bits per heavy atom. The molecule has 0 saturated carbocycles. The Labute approximate surface area is 278 Å². The van der Waals surface area contributed by atoms with E-state index >= 15 is 0 Å². The molecule has 9 heteroatoms. The van der Waals surface area contributed by atoms with Crippen LogP contribution in [0, 0.1) is 0 Å². The molecule has 0 saturated heterocycles. The lowest BCUT2D eigenvalue weighted by molar-refractivity contribution is -0.0250. The molecular formula is C36H74O9. The summed E-state index contributed by atoms with van der Waals surface area (Å²) in [5.74, 6) is 0. The fraction of sp³-hybridized carbons (Fsp3) is 1.00. The Morgan fingerprint density at radius 1 is 0.178 bits per heavy atom. The molecule has 0 aromatic rings. The Hall–Kier alpha value is -0.360. The van der Waals surface area contributed by atoms with E-state index in [1.807, 2.05) is 0 Å². The molecule has 0 aliphatic heterocycles. The molecule has 0 radical (unpaired) electrons. The highest BCUT2D eigenvalue weighted by Crippen LogP contribution is 2.10. The highest BCUT2D eigenvalue weighted by molar-refractivity contribution is 4.48. The van der Waals surface area contributed by atoms with Crippen molar-refractivity contribution in [3.63, 3.8) is 0 Å². The van der Waals surface area contributed by atoms with Crippen LogP contribution in [0.15, 0.2) is 0 Å². The van der Waals surface area contributed by atoms with Crippen molar-refractivity contribution >= 4 is 0 Å². The zero-order valence-corrected chi connectivity index (χ0v) is 29.7. The second-order valence-electron chi connectivity index (χ2n) is 11.5. The van der Waals surface area contributed by atoms with Crippen LogP contribution in [-0.2, 0) is 42.6 Å². The van der Waals surface area contributed by atoms with Crippen LogP contribution in [0.1, 0.15) is 117 Å². The molecule has 0 N–H and O–H groups in total. The van der Waals surface area contributed by atoms with Crippen molar-refractivity contribution in [2.75, 3.05) is 119 Å². The molecule has 45 heavy (non-hydrogen) atoms. The fourth-order valence-electron chi connectivity index (χ4n) is 4.54. The van der Waals surface area contributed by atoms with E-state index in [0.717, 1.165) is 26.1 Å². The van der Waals surface area contributed by atoms with Gasteiger partial charge < -0.3 is 42.6 Å². The lowest BCUT2D eigenvalue weighted by atomic mass is 10.1. The van der Waals surface area contributed by atoms with E-state index in [-0.39, 0.29) is 0 Å². The molecule has 0 amide bonds. The summed E-state index contributed by atoms with van der Waals surface area (Å²) in [5, 5.41) is 0. The van der Waals surface area contributed by atoms with Gasteiger partial charge in [0.15, 0.2) is 0 Å². The number of ether oxygens (including phenoxy) is 9.